The molecule has 3 aromatic carbocycles. The molecule has 0 aliphatic carbocycles. The third kappa shape index (κ3) is 6.91. The fraction of sp³-hybridized carbons (Fsp3) is 0.120. The van der Waals surface area contributed by atoms with Gasteiger partial charge in [0, 0.05) is 23.2 Å². The van der Waals surface area contributed by atoms with E-state index in [4.69, 9.17) is 21.1 Å². The first-order valence-corrected chi connectivity index (χ1v) is 10.7. The van der Waals surface area contributed by atoms with Crippen molar-refractivity contribution in [2.24, 2.45) is 5.10 Å². The van der Waals surface area contributed by atoms with Gasteiger partial charge >= 0.3 is 5.97 Å². The Bertz CT molecular complexity index is 1210. The van der Waals surface area contributed by atoms with Crippen molar-refractivity contribution in [3.05, 3.63) is 88.4 Å². The van der Waals surface area contributed by atoms with Gasteiger partial charge < -0.3 is 14.8 Å². The topological polar surface area (TPSA) is 106 Å². The zero-order chi connectivity index (χ0) is 24.5. The Morgan fingerprint density at radius 3 is 2.26 bits per heavy atom. The van der Waals surface area contributed by atoms with Crippen LogP contribution in [-0.2, 0) is 4.79 Å². The van der Waals surface area contributed by atoms with E-state index in [0.29, 0.717) is 39.8 Å². The van der Waals surface area contributed by atoms with Crippen LogP contribution in [0.5, 0.6) is 11.5 Å². The summed E-state index contributed by atoms with van der Waals surface area (Å²) in [6.45, 7) is 3.57. The van der Waals surface area contributed by atoms with E-state index in [1.165, 1.54) is 13.1 Å². The summed E-state index contributed by atoms with van der Waals surface area (Å²) in [5.41, 5.74) is 4.38. The SMILES string of the molecule is CCOc1cc(/C=N/NC(=O)c2ccc(NC(C)=O)cc2)ccc1OC(=O)c1ccc(Cl)cc1. The second-order valence-electron chi connectivity index (χ2n) is 6.99. The van der Waals surface area contributed by atoms with Crippen LogP contribution in [0.3, 0.4) is 0 Å². The molecule has 0 heterocycles. The predicted molar refractivity (Wildman–Crippen MR) is 130 cm³/mol. The number of carbonyl (C=O) groups is 3. The van der Waals surface area contributed by atoms with Gasteiger partial charge in [0.15, 0.2) is 11.5 Å². The average molecular weight is 480 g/mol. The minimum atomic E-state index is -0.546. The Hall–Kier alpha value is -4.17. The number of amides is 2. The predicted octanol–water partition coefficient (Wildman–Crippen LogP) is 4.68. The van der Waals surface area contributed by atoms with Crippen molar-refractivity contribution in [2.75, 3.05) is 11.9 Å². The summed E-state index contributed by atoms with van der Waals surface area (Å²) in [4.78, 5) is 35.7. The number of nitrogens with one attached hydrogen (secondary N) is 2. The molecule has 3 aromatic rings. The minimum Gasteiger partial charge on any atom is -0.490 e. The van der Waals surface area contributed by atoms with Crippen molar-refractivity contribution in [3.63, 3.8) is 0 Å². The molecule has 0 spiro atoms. The Balaban J connectivity index is 1.65. The lowest BCUT2D eigenvalue weighted by Gasteiger charge is -2.11. The van der Waals surface area contributed by atoms with E-state index in [1.54, 1.807) is 66.7 Å². The van der Waals surface area contributed by atoms with Crippen LogP contribution in [0.2, 0.25) is 5.02 Å². The van der Waals surface area contributed by atoms with Gasteiger partial charge in [0.25, 0.3) is 5.91 Å². The summed E-state index contributed by atoms with van der Waals surface area (Å²) < 4.78 is 11.1. The summed E-state index contributed by atoms with van der Waals surface area (Å²) in [5, 5.41) is 7.11. The number of anilines is 1. The van der Waals surface area contributed by atoms with Crippen LogP contribution in [0.25, 0.3) is 0 Å². The molecule has 8 nitrogen and oxygen atoms in total. The first kappa shape index (κ1) is 24.5. The Labute approximate surface area is 201 Å². The number of benzene rings is 3. The number of hydrazone groups is 1. The molecule has 3 rings (SSSR count). The van der Waals surface area contributed by atoms with Gasteiger partial charge in [0.2, 0.25) is 5.91 Å². The molecule has 0 aliphatic rings. The molecule has 174 valence electrons. The van der Waals surface area contributed by atoms with Crippen molar-refractivity contribution in [1.82, 2.24) is 5.43 Å². The number of nitrogens with zero attached hydrogens (tertiary/aromatic N) is 1. The van der Waals surface area contributed by atoms with E-state index in [2.05, 4.69) is 15.8 Å². The number of hydrogen-bond acceptors (Lipinski definition) is 6. The number of ether oxygens (including phenoxy) is 2. The molecule has 0 atom stereocenters. The highest BCUT2D eigenvalue weighted by atomic mass is 35.5. The van der Waals surface area contributed by atoms with Gasteiger partial charge in [-0.25, -0.2) is 10.2 Å². The Morgan fingerprint density at radius 1 is 0.941 bits per heavy atom. The lowest BCUT2D eigenvalue weighted by Crippen LogP contribution is -2.17. The molecule has 0 bridgehead atoms. The summed E-state index contributed by atoms with van der Waals surface area (Å²) in [5.74, 6) is -0.546. The maximum absolute atomic E-state index is 12.4. The van der Waals surface area contributed by atoms with Gasteiger partial charge in [-0.1, -0.05) is 11.6 Å². The zero-order valence-corrected chi connectivity index (χ0v) is 19.3. The quantitative estimate of drug-likeness (QED) is 0.211. The normalized spacial score (nSPS) is 10.6. The molecule has 0 fully saturated rings. The van der Waals surface area contributed by atoms with Crippen molar-refractivity contribution in [1.29, 1.82) is 0 Å². The van der Waals surface area contributed by atoms with Crippen LogP contribution in [0, 0.1) is 0 Å². The summed E-state index contributed by atoms with van der Waals surface area (Å²) in [7, 11) is 0. The number of rotatable bonds is 8. The van der Waals surface area contributed by atoms with Gasteiger partial charge in [-0.15, -0.1) is 0 Å². The third-order valence-electron chi connectivity index (χ3n) is 4.40. The maximum Gasteiger partial charge on any atom is 0.343 e. The smallest absolute Gasteiger partial charge is 0.343 e. The lowest BCUT2D eigenvalue weighted by molar-refractivity contribution is -0.114. The van der Waals surface area contributed by atoms with Crippen molar-refractivity contribution >= 4 is 41.3 Å². The highest BCUT2D eigenvalue weighted by molar-refractivity contribution is 6.30. The first-order valence-electron chi connectivity index (χ1n) is 10.3. The van der Waals surface area contributed by atoms with E-state index < -0.39 is 11.9 Å². The highest BCUT2D eigenvalue weighted by Gasteiger charge is 2.13. The Morgan fingerprint density at radius 2 is 1.62 bits per heavy atom. The van der Waals surface area contributed by atoms with Crippen LogP contribution < -0.4 is 20.2 Å². The molecule has 2 amide bonds. The van der Waals surface area contributed by atoms with Crippen molar-refractivity contribution in [2.45, 2.75) is 13.8 Å². The Kier molecular flexibility index (Phi) is 8.37. The van der Waals surface area contributed by atoms with Crippen molar-refractivity contribution in [3.8, 4) is 11.5 Å². The van der Waals surface area contributed by atoms with Gasteiger partial charge in [-0.3, -0.25) is 9.59 Å². The number of esters is 1. The number of carbonyl (C=O) groups excluding carboxylic acids is 3. The van der Waals surface area contributed by atoms with Crippen molar-refractivity contribution < 1.29 is 23.9 Å². The number of halogens is 1. The van der Waals surface area contributed by atoms with Crippen LogP contribution in [-0.4, -0.2) is 30.6 Å². The molecule has 0 saturated heterocycles. The molecule has 34 heavy (non-hydrogen) atoms. The van der Waals surface area contributed by atoms with Crippen LogP contribution in [0.1, 0.15) is 40.1 Å². The summed E-state index contributed by atoms with van der Waals surface area (Å²) in [6, 6.07) is 17.7. The fourth-order valence-electron chi connectivity index (χ4n) is 2.84. The second kappa shape index (κ2) is 11.6. The fourth-order valence-corrected chi connectivity index (χ4v) is 2.97. The summed E-state index contributed by atoms with van der Waals surface area (Å²) >= 11 is 5.85. The molecular formula is C25H22ClN3O5. The van der Waals surface area contributed by atoms with Gasteiger partial charge in [-0.2, -0.15) is 5.10 Å². The third-order valence-corrected chi connectivity index (χ3v) is 4.65. The van der Waals surface area contributed by atoms with E-state index >= 15 is 0 Å². The molecule has 9 heteroatoms. The van der Waals surface area contributed by atoms with Gasteiger partial charge in [-0.05, 0) is 79.2 Å². The largest absolute Gasteiger partial charge is 0.490 e. The molecule has 2 N–H and O–H groups in total. The van der Waals surface area contributed by atoms with Crippen LogP contribution in [0.15, 0.2) is 71.8 Å². The van der Waals surface area contributed by atoms with Crippen LogP contribution in [0.4, 0.5) is 5.69 Å². The number of hydrogen-bond donors (Lipinski definition) is 2. The average Bonchev–Trinajstić information content (AvgIpc) is 2.81. The maximum atomic E-state index is 12.4. The van der Waals surface area contributed by atoms with E-state index in [0.717, 1.165) is 0 Å². The molecule has 0 aliphatic heterocycles. The van der Waals surface area contributed by atoms with E-state index in [-0.39, 0.29) is 11.7 Å². The summed E-state index contributed by atoms with van der Waals surface area (Å²) in [6.07, 6.45) is 1.44. The minimum absolute atomic E-state index is 0.195. The highest BCUT2D eigenvalue weighted by Crippen LogP contribution is 2.29. The first-order chi connectivity index (χ1) is 16.4. The van der Waals surface area contributed by atoms with Gasteiger partial charge in [0.1, 0.15) is 0 Å². The van der Waals surface area contributed by atoms with Crippen LogP contribution >= 0.6 is 11.6 Å². The van der Waals surface area contributed by atoms with E-state index in [1.807, 2.05) is 6.92 Å². The molecule has 0 unspecified atom stereocenters. The van der Waals surface area contributed by atoms with E-state index in [9.17, 15) is 14.4 Å². The lowest BCUT2D eigenvalue weighted by atomic mass is 10.2. The zero-order valence-electron chi connectivity index (χ0n) is 18.5. The molecule has 0 saturated carbocycles. The second-order valence-corrected chi connectivity index (χ2v) is 7.43. The van der Waals surface area contributed by atoms with Gasteiger partial charge in [0.05, 0.1) is 18.4 Å². The monoisotopic (exact) mass is 479 g/mol. The molecule has 0 radical (unpaired) electrons. The molecular weight excluding hydrogens is 458 g/mol. The standard InChI is InChI=1S/C25H22ClN3O5/c1-3-33-23-14-17(4-13-22(23)34-25(32)19-5-9-20(26)10-6-19)15-27-29-24(31)18-7-11-21(12-8-18)28-16(2)30/h4-15H,3H2,1-2H3,(H,28,30)(H,29,31)/b27-15+. The molecule has 0 aromatic heterocycles.